The standard InChI is InChI=1S/C22H23Cl2F3O4/c1-3-16(21(28)29)31-18-12-8-14(19(23)20(18)24)7-11-17(30-4-2)13-5-9-15(10-6-13)22(25,26)27/h5-6,8-10,12,16-17H,3-4,7,11H2,1-2H3,(H,28,29). The third-order valence-electron chi connectivity index (χ3n) is 4.70. The maximum atomic E-state index is 12.8. The summed E-state index contributed by atoms with van der Waals surface area (Å²) in [6.07, 6.45) is -4.70. The molecule has 2 unspecified atom stereocenters. The monoisotopic (exact) mass is 478 g/mol. The summed E-state index contributed by atoms with van der Waals surface area (Å²) in [7, 11) is 0. The summed E-state index contributed by atoms with van der Waals surface area (Å²) in [6.45, 7) is 3.87. The van der Waals surface area contributed by atoms with Crippen molar-refractivity contribution in [2.24, 2.45) is 0 Å². The first kappa shape index (κ1) is 25.3. The lowest BCUT2D eigenvalue weighted by Gasteiger charge is -2.20. The van der Waals surface area contributed by atoms with Crippen LogP contribution in [0.25, 0.3) is 0 Å². The quantitative estimate of drug-likeness (QED) is 0.400. The summed E-state index contributed by atoms with van der Waals surface area (Å²) in [6, 6.07) is 8.13. The van der Waals surface area contributed by atoms with Crippen LogP contribution in [-0.4, -0.2) is 23.8 Å². The van der Waals surface area contributed by atoms with Gasteiger partial charge in [-0.05, 0) is 55.5 Å². The van der Waals surface area contributed by atoms with E-state index in [1.54, 1.807) is 26.0 Å². The second-order valence-electron chi connectivity index (χ2n) is 6.81. The molecule has 0 amide bonds. The van der Waals surface area contributed by atoms with E-state index in [-0.39, 0.29) is 22.2 Å². The van der Waals surface area contributed by atoms with Crippen LogP contribution < -0.4 is 4.74 Å². The van der Waals surface area contributed by atoms with Crippen LogP contribution in [0, 0.1) is 0 Å². The minimum absolute atomic E-state index is 0.112. The minimum Gasteiger partial charge on any atom is -0.479 e. The van der Waals surface area contributed by atoms with Crippen molar-refractivity contribution < 1.29 is 32.5 Å². The number of hydrogen-bond donors (Lipinski definition) is 1. The Balaban J connectivity index is 2.15. The van der Waals surface area contributed by atoms with Gasteiger partial charge in [-0.25, -0.2) is 4.79 Å². The number of alkyl halides is 3. The van der Waals surface area contributed by atoms with E-state index in [0.717, 1.165) is 12.1 Å². The van der Waals surface area contributed by atoms with Gasteiger partial charge in [0.15, 0.2) is 6.10 Å². The Kier molecular flexibility index (Phi) is 9.03. The van der Waals surface area contributed by atoms with E-state index >= 15 is 0 Å². The molecule has 2 atom stereocenters. The molecule has 170 valence electrons. The summed E-state index contributed by atoms with van der Waals surface area (Å²) >= 11 is 12.6. The summed E-state index contributed by atoms with van der Waals surface area (Å²) in [4.78, 5) is 11.2. The smallest absolute Gasteiger partial charge is 0.416 e. The number of carboxylic acids is 1. The molecule has 2 aromatic rings. The molecule has 31 heavy (non-hydrogen) atoms. The zero-order valence-corrected chi connectivity index (χ0v) is 18.5. The normalized spacial score (nSPS) is 13.6. The van der Waals surface area contributed by atoms with Crippen LogP contribution in [0.4, 0.5) is 13.2 Å². The molecule has 2 rings (SSSR count). The van der Waals surface area contributed by atoms with E-state index in [2.05, 4.69) is 0 Å². The Bertz CT molecular complexity index is 886. The van der Waals surface area contributed by atoms with E-state index in [9.17, 15) is 18.0 Å². The topological polar surface area (TPSA) is 55.8 Å². The number of carbonyl (C=O) groups is 1. The SMILES string of the molecule is CCOC(CCc1ccc(OC(CC)C(=O)O)c(Cl)c1Cl)c1ccc(C(F)(F)F)cc1. The lowest BCUT2D eigenvalue weighted by molar-refractivity contribution is -0.145. The summed E-state index contributed by atoms with van der Waals surface area (Å²) in [5.74, 6) is -0.927. The van der Waals surface area contributed by atoms with Gasteiger partial charge in [0.1, 0.15) is 10.8 Å². The molecule has 0 saturated carbocycles. The number of benzene rings is 2. The fraction of sp³-hybridized carbons (Fsp3) is 0.409. The van der Waals surface area contributed by atoms with E-state index in [1.165, 1.54) is 12.1 Å². The number of hydrogen-bond acceptors (Lipinski definition) is 3. The molecular weight excluding hydrogens is 456 g/mol. The number of aliphatic carboxylic acids is 1. The molecule has 0 bridgehead atoms. The Morgan fingerprint density at radius 3 is 2.23 bits per heavy atom. The third-order valence-corrected chi connectivity index (χ3v) is 5.60. The number of rotatable bonds is 10. The lowest BCUT2D eigenvalue weighted by Crippen LogP contribution is -2.26. The summed E-state index contributed by atoms with van der Waals surface area (Å²) < 4.78 is 49.5. The second-order valence-corrected chi connectivity index (χ2v) is 7.56. The van der Waals surface area contributed by atoms with Crippen molar-refractivity contribution in [2.45, 2.75) is 51.5 Å². The van der Waals surface area contributed by atoms with Crippen molar-refractivity contribution in [2.75, 3.05) is 6.61 Å². The summed E-state index contributed by atoms with van der Waals surface area (Å²) in [5.41, 5.74) is 0.604. The largest absolute Gasteiger partial charge is 0.479 e. The van der Waals surface area contributed by atoms with Gasteiger partial charge in [-0.2, -0.15) is 13.2 Å². The second kappa shape index (κ2) is 11.1. The molecule has 1 N–H and O–H groups in total. The van der Waals surface area contributed by atoms with Gasteiger partial charge in [-0.1, -0.05) is 48.3 Å². The average Bonchev–Trinajstić information content (AvgIpc) is 2.72. The molecule has 0 radical (unpaired) electrons. The van der Waals surface area contributed by atoms with Crippen LogP contribution in [-0.2, 0) is 22.1 Å². The maximum Gasteiger partial charge on any atom is 0.416 e. The molecule has 4 nitrogen and oxygen atoms in total. The van der Waals surface area contributed by atoms with Gasteiger partial charge >= 0.3 is 12.1 Å². The van der Waals surface area contributed by atoms with E-state index in [4.69, 9.17) is 37.8 Å². The maximum absolute atomic E-state index is 12.8. The molecule has 0 saturated heterocycles. The van der Waals surface area contributed by atoms with Gasteiger partial charge in [0.05, 0.1) is 16.7 Å². The molecular formula is C22H23Cl2F3O4. The predicted octanol–water partition coefficient (Wildman–Crippen LogP) is 6.96. The van der Waals surface area contributed by atoms with E-state index in [1.807, 2.05) is 0 Å². The number of ether oxygens (including phenoxy) is 2. The van der Waals surface area contributed by atoms with Crippen molar-refractivity contribution in [1.29, 1.82) is 0 Å². The molecule has 9 heteroatoms. The van der Waals surface area contributed by atoms with Crippen LogP contribution in [0.2, 0.25) is 10.0 Å². The highest BCUT2D eigenvalue weighted by molar-refractivity contribution is 6.43. The molecule has 0 aliphatic rings. The molecule has 2 aromatic carbocycles. The highest BCUT2D eigenvalue weighted by atomic mass is 35.5. The van der Waals surface area contributed by atoms with Gasteiger partial charge in [0.25, 0.3) is 0 Å². The van der Waals surface area contributed by atoms with Gasteiger partial charge in [0, 0.05) is 6.61 Å². The fourth-order valence-electron chi connectivity index (χ4n) is 3.04. The Morgan fingerprint density at radius 2 is 1.71 bits per heavy atom. The fourth-order valence-corrected chi connectivity index (χ4v) is 3.52. The van der Waals surface area contributed by atoms with Crippen LogP contribution in [0.3, 0.4) is 0 Å². The van der Waals surface area contributed by atoms with E-state index < -0.39 is 29.9 Å². The van der Waals surface area contributed by atoms with E-state index in [0.29, 0.717) is 30.6 Å². The lowest BCUT2D eigenvalue weighted by atomic mass is 9.99. The van der Waals surface area contributed by atoms with Crippen LogP contribution in [0.15, 0.2) is 36.4 Å². The molecule has 0 spiro atoms. The molecule has 0 fully saturated rings. The first-order valence-electron chi connectivity index (χ1n) is 9.73. The number of carboxylic acid groups (broad SMARTS) is 1. The van der Waals surface area contributed by atoms with Gasteiger partial charge in [-0.3, -0.25) is 0 Å². The Hall–Kier alpha value is -1.96. The van der Waals surface area contributed by atoms with Crippen molar-refractivity contribution in [3.63, 3.8) is 0 Å². The number of halogens is 5. The highest BCUT2D eigenvalue weighted by Gasteiger charge is 2.30. The molecule has 0 aliphatic heterocycles. The molecule has 0 aliphatic carbocycles. The van der Waals surface area contributed by atoms with Crippen molar-refractivity contribution >= 4 is 29.2 Å². The first-order chi connectivity index (χ1) is 14.6. The minimum atomic E-state index is -4.40. The first-order valence-corrected chi connectivity index (χ1v) is 10.5. The summed E-state index contributed by atoms with van der Waals surface area (Å²) in [5, 5.41) is 9.49. The molecule has 0 heterocycles. The van der Waals surface area contributed by atoms with Crippen LogP contribution >= 0.6 is 23.2 Å². The van der Waals surface area contributed by atoms with Crippen LogP contribution in [0.1, 0.15) is 49.5 Å². The van der Waals surface area contributed by atoms with Gasteiger partial charge < -0.3 is 14.6 Å². The van der Waals surface area contributed by atoms with Gasteiger partial charge in [-0.15, -0.1) is 0 Å². The Morgan fingerprint density at radius 1 is 1.06 bits per heavy atom. The van der Waals surface area contributed by atoms with Crippen LogP contribution in [0.5, 0.6) is 5.75 Å². The molecule has 0 aromatic heterocycles. The van der Waals surface area contributed by atoms with Gasteiger partial charge in [0.2, 0.25) is 0 Å². The van der Waals surface area contributed by atoms with Crippen molar-refractivity contribution in [3.8, 4) is 5.75 Å². The van der Waals surface area contributed by atoms with Crippen molar-refractivity contribution in [3.05, 3.63) is 63.1 Å². The zero-order chi connectivity index (χ0) is 23.2. The Labute approximate surface area is 188 Å². The predicted molar refractivity (Wildman–Crippen MR) is 113 cm³/mol. The average molecular weight is 479 g/mol. The third kappa shape index (κ3) is 6.76. The zero-order valence-electron chi connectivity index (χ0n) is 17.0. The highest BCUT2D eigenvalue weighted by Crippen LogP contribution is 2.37. The van der Waals surface area contributed by atoms with Crippen molar-refractivity contribution in [1.82, 2.24) is 0 Å². The number of aryl methyl sites for hydroxylation is 1.